The van der Waals surface area contributed by atoms with E-state index < -0.39 is 0 Å². The summed E-state index contributed by atoms with van der Waals surface area (Å²) in [4.78, 5) is 27.7. The van der Waals surface area contributed by atoms with Gasteiger partial charge in [0.2, 0.25) is 0 Å². The number of anilines is 1. The maximum Gasteiger partial charge on any atom is 0.278 e. The molecule has 0 bridgehead atoms. The second-order valence-electron chi connectivity index (χ2n) is 5.59. The lowest BCUT2D eigenvalue weighted by molar-refractivity contribution is 0.0974. The second kappa shape index (κ2) is 5.73. The van der Waals surface area contributed by atoms with Gasteiger partial charge in [-0.2, -0.15) is 5.10 Å². The van der Waals surface area contributed by atoms with E-state index in [1.165, 1.54) is 12.1 Å². The van der Waals surface area contributed by atoms with Crippen molar-refractivity contribution < 1.29 is 4.79 Å². The van der Waals surface area contributed by atoms with E-state index in [-0.39, 0.29) is 17.2 Å². The molecule has 0 radical (unpaired) electrons. The summed E-state index contributed by atoms with van der Waals surface area (Å²) in [6.45, 7) is 0.625. The summed E-state index contributed by atoms with van der Waals surface area (Å²) in [5, 5.41) is 6.15. The van der Waals surface area contributed by atoms with E-state index in [1.54, 1.807) is 4.90 Å². The minimum absolute atomic E-state index is 0.194. The number of fused-ring (bicyclic) bond motifs is 1. The first kappa shape index (κ1) is 14.5. The molecule has 1 atom stereocenters. The summed E-state index contributed by atoms with van der Waals surface area (Å²) < 4.78 is 0. The molecule has 1 N–H and O–H groups in total. The normalized spacial score (nSPS) is 17.4. The molecule has 1 unspecified atom stereocenters. The monoisotopic (exact) mass is 298 g/mol. The standard InChI is InChI=1S/C16H18N4O2/c1-19(2)13-9-10-20(14-6-4-3-5-11(13)14)16(22)12-7-8-15(21)18-17-12/h3-8,13H,9-10H2,1-2H3,(H,18,21). The van der Waals surface area contributed by atoms with Crippen LogP contribution in [0, 0.1) is 0 Å². The van der Waals surface area contributed by atoms with Crippen LogP contribution >= 0.6 is 0 Å². The molecule has 0 saturated heterocycles. The Balaban J connectivity index is 1.98. The van der Waals surface area contributed by atoms with Crippen LogP contribution in [0.2, 0.25) is 0 Å². The number of aromatic nitrogens is 2. The molecule has 1 aromatic carbocycles. The van der Waals surface area contributed by atoms with Crippen LogP contribution in [0.25, 0.3) is 0 Å². The van der Waals surface area contributed by atoms with Gasteiger partial charge in [0.1, 0.15) is 5.69 Å². The molecule has 1 amide bonds. The van der Waals surface area contributed by atoms with Gasteiger partial charge in [-0.25, -0.2) is 5.10 Å². The molecule has 1 aliphatic rings. The lowest BCUT2D eigenvalue weighted by atomic mass is 9.95. The first-order chi connectivity index (χ1) is 10.6. The van der Waals surface area contributed by atoms with Crippen molar-refractivity contribution in [3.05, 3.63) is 58.0 Å². The minimum atomic E-state index is -0.316. The third kappa shape index (κ3) is 2.53. The zero-order valence-corrected chi connectivity index (χ0v) is 12.6. The van der Waals surface area contributed by atoms with Crippen LogP contribution in [0.3, 0.4) is 0 Å². The van der Waals surface area contributed by atoms with Crippen molar-refractivity contribution in [1.29, 1.82) is 0 Å². The predicted molar refractivity (Wildman–Crippen MR) is 84.0 cm³/mol. The van der Waals surface area contributed by atoms with E-state index in [9.17, 15) is 9.59 Å². The average molecular weight is 298 g/mol. The smallest absolute Gasteiger partial charge is 0.278 e. The zero-order chi connectivity index (χ0) is 15.7. The fourth-order valence-electron chi connectivity index (χ4n) is 2.89. The van der Waals surface area contributed by atoms with Gasteiger partial charge in [-0.05, 0) is 38.2 Å². The number of amides is 1. The fourth-order valence-corrected chi connectivity index (χ4v) is 2.89. The number of aromatic amines is 1. The first-order valence-corrected chi connectivity index (χ1v) is 7.21. The van der Waals surface area contributed by atoms with Crippen molar-refractivity contribution in [2.75, 3.05) is 25.5 Å². The van der Waals surface area contributed by atoms with Gasteiger partial charge in [0.25, 0.3) is 11.5 Å². The van der Waals surface area contributed by atoms with Crippen LogP contribution in [-0.2, 0) is 0 Å². The first-order valence-electron chi connectivity index (χ1n) is 7.21. The highest BCUT2D eigenvalue weighted by Gasteiger charge is 2.30. The number of carbonyl (C=O) groups excluding carboxylic acids is 1. The largest absolute Gasteiger partial charge is 0.307 e. The Bertz CT molecular complexity index is 733. The molecular weight excluding hydrogens is 280 g/mol. The highest BCUT2D eigenvalue weighted by atomic mass is 16.2. The van der Waals surface area contributed by atoms with Crippen LogP contribution in [0.1, 0.15) is 28.5 Å². The maximum atomic E-state index is 12.7. The summed E-state index contributed by atoms with van der Waals surface area (Å²) in [6, 6.07) is 11.0. The predicted octanol–water partition coefficient (Wildman–Crippen LogP) is 1.42. The Morgan fingerprint density at radius 1 is 1.27 bits per heavy atom. The molecule has 3 rings (SSSR count). The lowest BCUT2D eigenvalue weighted by Crippen LogP contribution is -2.40. The highest BCUT2D eigenvalue weighted by Crippen LogP contribution is 2.36. The van der Waals surface area contributed by atoms with Crippen LogP contribution in [0.5, 0.6) is 0 Å². The number of H-pyrrole nitrogens is 1. The van der Waals surface area contributed by atoms with Crippen LogP contribution < -0.4 is 10.5 Å². The Kier molecular flexibility index (Phi) is 3.77. The number of carbonyl (C=O) groups is 1. The van der Waals surface area contributed by atoms with Gasteiger partial charge in [0, 0.05) is 24.3 Å². The molecule has 6 heteroatoms. The molecule has 1 aromatic heterocycles. The second-order valence-corrected chi connectivity index (χ2v) is 5.59. The van der Waals surface area contributed by atoms with Crippen molar-refractivity contribution in [2.24, 2.45) is 0 Å². The maximum absolute atomic E-state index is 12.7. The Morgan fingerprint density at radius 3 is 2.73 bits per heavy atom. The van der Waals surface area contributed by atoms with Crippen molar-refractivity contribution in [2.45, 2.75) is 12.5 Å². The zero-order valence-electron chi connectivity index (χ0n) is 12.6. The molecule has 22 heavy (non-hydrogen) atoms. The van der Waals surface area contributed by atoms with Gasteiger partial charge in [0.15, 0.2) is 0 Å². The summed E-state index contributed by atoms with van der Waals surface area (Å²) in [5.74, 6) is -0.194. The van der Waals surface area contributed by atoms with Crippen molar-refractivity contribution >= 4 is 11.6 Å². The molecular formula is C16H18N4O2. The molecule has 2 heterocycles. The summed E-state index contributed by atoms with van der Waals surface area (Å²) in [5.41, 5.74) is 1.97. The van der Waals surface area contributed by atoms with Crippen LogP contribution in [0.4, 0.5) is 5.69 Å². The highest BCUT2D eigenvalue weighted by molar-refractivity contribution is 6.05. The van der Waals surface area contributed by atoms with E-state index in [0.717, 1.165) is 17.7 Å². The minimum Gasteiger partial charge on any atom is -0.307 e. The van der Waals surface area contributed by atoms with Crippen LogP contribution in [0.15, 0.2) is 41.2 Å². The Labute approximate surface area is 128 Å². The Hall–Kier alpha value is -2.47. The number of benzene rings is 1. The SMILES string of the molecule is CN(C)C1CCN(C(=O)c2ccc(=O)[nH]n2)c2ccccc21. The number of nitrogens with one attached hydrogen (secondary N) is 1. The number of hydrogen-bond donors (Lipinski definition) is 1. The molecule has 0 saturated carbocycles. The number of rotatable bonds is 2. The molecule has 0 spiro atoms. The van der Waals surface area contributed by atoms with Crippen molar-refractivity contribution in [3.63, 3.8) is 0 Å². The van der Waals surface area contributed by atoms with Gasteiger partial charge in [-0.15, -0.1) is 0 Å². The number of para-hydroxylation sites is 1. The van der Waals surface area contributed by atoms with Crippen LogP contribution in [-0.4, -0.2) is 41.6 Å². The van der Waals surface area contributed by atoms with Crippen molar-refractivity contribution in [1.82, 2.24) is 15.1 Å². The van der Waals surface area contributed by atoms with E-state index in [2.05, 4.69) is 21.2 Å². The van der Waals surface area contributed by atoms with Gasteiger partial charge >= 0.3 is 0 Å². The molecule has 6 nitrogen and oxygen atoms in total. The quantitative estimate of drug-likeness (QED) is 0.910. The van der Waals surface area contributed by atoms with Gasteiger partial charge in [0.05, 0.1) is 0 Å². The van der Waals surface area contributed by atoms with Gasteiger partial charge in [-0.1, -0.05) is 18.2 Å². The van der Waals surface area contributed by atoms with Crippen molar-refractivity contribution in [3.8, 4) is 0 Å². The average Bonchev–Trinajstić information content (AvgIpc) is 2.53. The third-order valence-electron chi connectivity index (χ3n) is 3.98. The van der Waals surface area contributed by atoms with Gasteiger partial charge < -0.3 is 9.80 Å². The topological polar surface area (TPSA) is 69.3 Å². The van der Waals surface area contributed by atoms with E-state index in [4.69, 9.17) is 0 Å². The molecule has 1 aliphatic heterocycles. The molecule has 0 fully saturated rings. The Morgan fingerprint density at radius 2 is 2.05 bits per heavy atom. The van der Waals surface area contributed by atoms with E-state index >= 15 is 0 Å². The number of hydrogen-bond acceptors (Lipinski definition) is 4. The third-order valence-corrected chi connectivity index (χ3v) is 3.98. The molecule has 2 aromatic rings. The van der Waals surface area contributed by atoms with Gasteiger partial charge in [-0.3, -0.25) is 9.59 Å². The summed E-state index contributed by atoms with van der Waals surface area (Å²) in [6.07, 6.45) is 0.860. The summed E-state index contributed by atoms with van der Waals surface area (Å²) >= 11 is 0. The lowest BCUT2D eigenvalue weighted by Gasteiger charge is -2.37. The van der Waals surface area contributed by atoms with E-state index in [1.807, 2.05) is 32.3 Å². The fraction of sp³-hybridized carbons (Fsp3) is 0.312. The number of nitrogens with zero attached hydrogens (tertiary/aromatic N) is 3. The molecule has 114 valence electrons. The molecule has 0 aliphatic carbocycles. The van der Waals surface area contributed by atoms with E-state index in [0.29, 0.717) is 12.6 Å². The summed E-state index contributed by atoms with van der Waals surface area (Å²) in [7, 11) is 4.09.